The van der Waals surface area contributed by atoms with Gasteiger partial charge < -0.3 is 40.4 Å². The number of amides is 5. The molecule has 4 bridgehead atoms. The van der Waals surface area contributed by atoms with Crippen LogP contribution in [-0.4, -0.2) is 102 Å². The normalized spacial score (nSPS) is 21.5. The van der Waals surface area contributed by atoms with Gasteiger partial charge in [0, 0.05) is 13.0 Å². The first-order valence-corrected chi connectivity index (χ1v) is 20.3. The molecule has 2 heterocycles. The number of hydrogen-bond acceptors (Lipinski definition) is 10. The third-order valence-electron chi connectivity index (χ3n) is 10.4. The number of carbonyl (C=O) groups excluding carboxylic acids is 7. The van der Waals surface area contributed by atoms with Gasteiger partial charge in [0.2, 0.25) is 29.4 Å². The van der Waals surface area contributed by atoms with Gasteiger partial charge in [-0.05, 0) is 69.2 Å². The summed E-state index contributed by atoms with van der Waals surface area (Å²) in [5.41, 5.74) is 0.371. The number of carbonyl (C=O) groups is 7. The summed E-state index contributed by atoms with van der Waals surface area (Å²) in [7, 11) is 0. The number of nitrogens with one attached hydrogen (secondary N) is 4. The van der Waals surface area contributed by atoms with Crippen molar-refractivity contribution in [3.63, 3.8) is 0 Å². The summed E-state index contributed by atoms with van der Waals surface area (Å²) in [6, 6.07) is 11.4. The van der Waals surface area contributed by atoms with Crippen molar-refractivity contribution in [1.82, 2.24) is 26.2 Å². The second-order valence-corrected chi connectivity index (χ2v) is 16.2. The Labute approximate surface area is 339 Å². The molecule has 2 aromatic carbocycles. The van der Waals surface area contributed by atoms with E-state index in [9.17, 15) is 33.6 Å². The van der Waals surface area contributed by atoms with Crippen LogP contribution < -0.4 is 26.0 Å². The van der Waals surface area contributed by atoms with Gasteiger partial charge in [-0.3, -0.25) is 28.8 Å². The van der Waals surface area contributed by atoms with E-state index in [1.54, 1.807) is 70.2 Å². The second kappa shape index (κ2) is 20.4. The van der Waals surface area contributed by atoms with Crippen LogP contribution in [0.1, 0.15) is 96.2 Å². The molecule has 3 aliphatic rings. The fraction of sp³-hybridized carbons (Fsp3) is 0.558. The van der Waals surface area contributed by atoms with E-state index in [1.165, 1.54) is 4.90 Å². The lowest BCUT2D eigenvalue weighted by Crippen LogP contribution is -2.58. The van der Waals surface area contributed by atoms with Crippen molar-refractivity contribution in [2.45, 2.75) is 121 Å². The maximum atomic E-state index is 14.5. The van der Waals surface area contributed by atoms with Crippen LogP contribution in [0.25, 0.3) is 0 Å². The summed E-state index contributed by atoms with van der Waals surface area (Å²) in [6.07, 6.45) is 4.53. The number of rotatable bonds is 12. The van der Waals surface area contributed by atoms with Gasteiger partial charge in [0.15, 0.2) is 6.04 Å². The van der Waals surface area contributed by atoms with Crippen LogP contribution in [0.3, 0.4) is 0 Å². The molecule has 2 aromatic rings. The molecule has 1 aliphatic carbocycles. The number of hydrogen-bond donors (Lipinski definition) is 4. The molecule has 4 N–H and O–H groups in total. The van der Waals surface area contributed by atoms with Crippen LogP contribution in [0.5, 0.6) is 5.75 Å². The predicted molar refractivity (Wildman–Crippen MR) is 212 cm³/mol. The number of fused-ring (bicyclic) bond motifs is 4. The van der Waals surface area contributed by atoms with E-state index in [4.69, 9.17) is 14.2 Å². The first-order valence-electron chi connectivity index (χ1n) is 20.3. The van der Waals surface area contributed by atoms with E-state index in [0.717, 1.165) is 37.7 Å². The molecule has 1 saturated heterocycles. The molecule has 0 aromatic heterocycles. The van der Waals surface area contributed by atoms with Crippen LogP contribution in [0.4, 0.5) is 0 Å². The van der Waals surface area contributed by atoms with Gasteiger partial charge in [0.1, 0.15) is 30.0 Å². The minimum absolute atomic E-state index is 0.0403. The van der Waals surface area contributed by atoms with E-state index in [2.05, 4.69) is 21.3 Å². The Hall–Kier alpha value is -5.31. The smallest absolute Gasteiger partial charge is 0.333 e. The van der Waals surface area contributed by atoms with E-state index < -0.39 is 77.8 Å². The quantitative estimate of drug-likeness (QED) is 0.183. The Morgan fingerprint density at radius 2 is 1.69 bits per heavy atom. The van der Waals surface area contributed by atoms with Crippen molar-refractivity contribution < 1.29 is 47.8 Å². The average molecular weight is 804 g/mol. The largest absolute Gasteiger partial charge is 0.491 e. The highest BCUT2D eigenvalue weighted by Crippen LogP contribution is 2.30. The Balaban J connectivity index is 1.27. The molecule has 5 rings (SSSR count). The second-order valence-electron chi connectivity index (χ2n) is 16.2. The predicted octanol–water partition coefficient (Wildman–Crippen LogP) is 2.84. The Bertz CT molecular complexity index is 1790. The summed E-state index contributed by atoms with van der Waals surface area (Å²) in [5.74, 6) is -4.41. The fourth-order valence-electron chi connectivity index (χ4n) is 7.69. The van der Waals surface area contributed by atoms with E-state index in [0.29, 0.717) is 17.7 Å². The fourth-order valence-corrected chi connectivity index (χ4v) is 7.69. The molecular formula is C43H57N5O10. The van der Waals surface area contributed by atoms with Gasteiger partial charge in [0.05, 0.1) is 31.7 Å². The summed E-state index contributed by atoms with van der Waals surface area (Å²) in [6.45, 7) is 6.73. The number of ketones is 1. The van der Waals surface area contributed by atoms with Crippen LogP contribution in [0.2, 0.25) is 0 Å². The van der Waals surface area contributed by atoms with Crippen molar-refractivity contribution >= 4 is 41.3 Å². The molecule has 0 spiro atoms. The van der Waals surface area contributed by atoms with Gasteiger partial charge >= 0.3 is 5.97 Å². The first-order chi connectivity index (χ1) is 27.7. The SMILES string of the molecule is CCCC(NC(=O)[C@@H]1C[C@@H]2CN1C(=O)[C@H](C1CCCCC1)NC(=O)Cc1cccc(c1)OCCO2)C(=O)C(=O)NCC(=O)N[C@H](C(=O)OC(C)(C)C)c1ccccc1. The molecular weight excluding hydrogens is 746 g/mol. The lowest BCUT2D eigenvalue weighted by molar-refractivity contribution is -0.158. The van der Waals surface area contributed by atoms with E-state index >= 15 is 0 Å². The Morgan fingerprint density at radius 1 is 0.948 bits per heavy atom. The molecule has 15 heteroatoms. The molecule has 15 nitrogen and oxygen atoms in total. The molecule has 2 fully saturated rings. The maximum absolute atomic E-state index is 14.5. The van der Waals surface area contributed by atoms with Gasteiger partial charge in [-0.15, -0.1) is 0 Å². The number of esters is 1. The Kier molecular flexibility index (Phi) is 15.4. The zero-order chi connectivity index (χ0) is 41.8. The van der Waals surface area contributed by atoms with Crippen molar-refractivity contribution in [1.29, 1.82) is 0 Å². The minimum atomic E-state index is -1.26. The molecule has 0 radical (unpaired) electrons. The molecule has 314 valence electrons. The first kappa shape index (κ1) is 43.8. The summed E-state index contributed by atoms with van der Waals surface area (Å²) in [4.78, 5) is 96.2. The number of benzene rings is 2. The number of ether oxygens (including phenoxy) is 3. The lowest BCUT2D eigenvalue weighted by Gasteiger charge is -2.35. The zero-order valence-electron chi connectivity index (χ0n) is 33.9. The molecule has 2 aliphatic heterocycles. The number of Topliss-reactive ketones (excluding diaryl/α,β-unsaturated/α-hetero) is 1. The molecule has 5 atom stereocenters. The maximum Gasteiger partial charge on any atom is 0.333 e. The summed E-state index contributed by atoms with van der Waals surface area (Å²) >= 11 is 0. The molecule has 1 saturated carbocycles. The van der Waals surface area contributed by atoms with Crippen LogP contribution in [0.15, 0.2) is 54.6 Å². The minimum Gasteiger partial charge on any atom is -0.491 e. The lowest BCUT2D eigenvalue weighted by atomic mass is 9.83. The van der Waals surface area contributed by atoms with Gasteiger partial charge in [0.25, 0.3) is 5.91 Å². The van der Waals surface area contributed by atoms with Crippen molar-refractivity contribution in [3.05, 3.63) is 65.7 Å². The highest BCUT2D eigenvalue weighted by atomic mass is 16.6. The standard InChI is InChI=1S/C43H57N5O10/c1-5-13-32(38(51)40(53)44-25-35(50)47-37(29-17-10-7-11-18-29)42(55)58-43(2,3)4)45-39(52)33-24-31-26-48(33)41(54)36(28-15-8-6-9-16-28)46-34(49)23-27-14-12-19-30(22-27)56-20-21-57-31/h7,10-12,14,17-19,22,28,31-33,36-37H,5-6,8-9,13,15-16,20-21,23-26H2,1-4H3,(H,44,53)(H,45,52)(H,46,49)(H,47,50)/t31-,32?,33+,36+,37+/m1/s1. The average Bonchev–Trinajstić information content (AvgIpc) is 3.63. The highest BCUT2D eigenvalue weighted by molar-refractivity contribution is 6.38. The van der Waals surface area contributed by atoms with E-state index in [-0.39, 0.29) is 50.8 Å². The van der Waals surface area contributed by atoms with E-state index in [1.807, 2.05) is 12.1 Å². The van der Waals surface area contributed by atoms with Gasteiger partial charge in [-0.2, -0.15) is 0 Å². The van der Waals surface area contributed by atoms with Crippen LogP contribution in [0, 0.1) is 5.92 Å². The highest BCUT2D eigenvalue weighted by Gasteiger charge is 2.45. The monoisotopic (exact) mass is 803 g/mol. The molecule has 58 heavy (non-hydrogen) atoms. The summed E-state index contributed by atoms with van der Waals surface area (Å²) < 4.78 is 17.5. The van der Waals surface area contributed by atoms with Crippen molar-refractivity contribution in [3.8, 4) is 5.75 Å². The third kappa shape index (κ3) is 12.3. The Morgan fingerprint density at radius 3 is 2.40 bits per heavy atom. The molecule has 1 unspecified atom stereocenters. The van der Waals surface area contributed by atoms with Crippen molar-refractivity contribution in [2.24, 2.45) is 5.92 Å². The van der Waals surface area contributed by atoms with Gasteiger partial charge in [-0.1, -0.05) is 75.1 Å². The third-order valence-corrected chi connectivity index (χ3v) is 10.4. The molecule has 5 amide bonds. The van der Waals surface area contributed by atoms with Gasteiger partial charge in [-0.25, -0.2) is 4.79 Å². The topological polar surface area (TPSA) is 199 Å². The van der Waals surface area contributed by atoms with Crippen LogP contribution >= 0.6 is 0 Å². The van der Waals surface area contributed by atoms with Crippen LogP contribution in [-0.2, 0) is 49.5 Å². The summed E-state index contributed by atoms with van der Waals surface area (Å²) in [5, 5.41) is 10.6. The van der Waals surface area contributed by atoms with Crippen molar-refractivity contribution in [2.75, 3.05) is 26.3 Å². The zero-order valence-corrected chi connectivity index (χ0v) is 33.9. The number of nitrogens with zero attached hydrogens (tertiary/aromatic N) is 1.